The highest BCUT2D eigenvalue weighted by Crippen LogP contribution is 2.13. The maximum absolute atomic E-state index is 13.6. The number of morpholine rings is 1. The van der Waals surface area contributed by atoms with E-state index in [4.69, 9.17) is 4.74 Å². The zero-order chi connectivity index (χ0) is 19.2. The second-order valence-electron chi connectivity index (χ2n) is 6.35. The molecule has 1 aliphatic rings. The lowest BCUT2D eigenvalue weighted by molar-refractivity contribution is -0.123. The van der Waals surface area contributed by atoms with E-state index in [2.05, 4.69) is 16.0 Å². The molecule has 2 aromatic rings. The highest BCUT2D eigenvalue weighted by molar-refractivity contribution is 5.97. The van der Waals surface area contributed by atoms with E-state index in [-0.39, 0.29) is 30.3 Å². The molecule has 1 saturated heterocycles. The molecule has 1 fully saturated rings. The average molecular weight is 371 g/mol. The molecular formula is C20H22FN3O3. The molecule has 0 bridgehead atoms. The van der Waals surface area contributed by atoms with Crippen molar-refractivity contribution in [3.05, 3.63) is 65.5 Å². The summed E-state index contributed by atoms with van der Waals surface area (Å²) in [5, 5.41) is 8.62. The first kappa shape index (κ1) is 19.0. The minimum absolute atomic E-state index is 0.106. The molecule has 0 aliphatic carbocycles. The van der Waals surface area contributed by atoms with Gasteiger partial charge in [-0.2, -0.15) is 0 Å². The van der Waals surface area contributed by atoms with Crippen molar-refractivity contribution in [3.8, 4) is 0 Å². The minimum Gasteiger partial charge on any atom is -0.375 e. The second kappa shape index (κ2) is 8.75. The number of benzene rings is 2. The molecule has 27 heavy (non-hydrogen) atoms. The maximum atomic E-state index is 13.6. The molecule has 2 aromatic carbocycles. The molecule has 2 atom stereocenters. The van der Waals surface area contributed by atoms with Crippen LogP contribution in [0.1, 0.15) is 22.8 Å². The number of hydrogen-bond donors (Lipinski definition) is 3. The van der Waals surface area contributed by atoms with Gasteiger partial charge in [0.2, 0.25) is 5.91 Å². The molecule has 142 valence electrons. The Bertz CT molecular complexity index is 810. The average Bonchev–Trinajstić information content (AvgIpc) is 2.68. The topological polar surface area (TPSA) is 79.5 Å². The van der Waals surface area contributed by atoms with Gasteiger partial charge in [-0.3, -0.25) is 9.59 Å². The predicted molar refractivity (Wildman–Crippen MR) is 99.8 cm³/mol. The van der Waals surface area contributed by atoms with Crippen molar-refractivity contribution in [2.45, 2.75) is 25.6 Å². The van der Waals surface area contributed by atoms with E-state index in [0.29, 0.717) is 30.0 Å². The summed E-state index contributed by atoms with van der Waals surface area (Å²) in [6.45, 7) is 3.17. The Labute approximate surface area is 157 Å². The lowest BCUT2D eigenvalue weighted by Crippen LogP contribution is -2.53. The monoisotopic (exact) mass is 371 g/mol. The Morgan fingerprint density at radius 2 is 1.93 bits per heavy atom. The van der Waals surface area contributed by atoms with Crippen molar-refractivity contribution in [2.75, 3.05) is 18.5 Å². The van der Waals surface area contributed by atoms with Gasteiger partial charge in [-0.1, -0.05) is 18.2 Å². The van der Waals surface area contributed by atoms with Crippen LogP contribution in [0, 0.1) is 5.82 Å². The summed E-state index contributed by atoms with van der Waals surface area (Å²) >= 11 is 0. The summed E-state index contributed by atoms with van der Waals surface area (Å²) in [6, 6.07) is 12.4. The van der Waals surface area contributed by atoms with Crippen LogP contribution >= 0.6 is 0 Å². The van der Waals surface area contributed by atoms with Crippen molar-refractivity contribution >= 4 is 17.5 Å². The number of halogens is 1. The number of nitrogens with one attached hydrogen (secondary N) is 3. The van der Waals surface area contributed by atoms with Crippen LogP contribution in [0.2, 0.25) is 0 Å². The molecule has 3 N–H and O–H groups in total. The lowest BCUT2D eigenvalue weighted by Gasteiger charge is -2.29. The molecule has 6 nitrogen and oxygen atoms in total. The maximum Gasteiger partial charge on any atom is 0.251 e. The standard InChI is InChI=1S/C20H22FN3O3/c1-13-18(22-10-11-27-13)20(26)24-16-8-6-14(7-9-16)19(25)23-12-15-4-2-3-5-17(15)21/h2-9,13,18,22H,10-12H2,1H3,(H,23,25)(H,24,26)/t13-,18+/m1/s1. The molecule has 7 heteroatoms. The summed E-state index contributed by atoms with van der Waals surface area (Å²) < 4.78 is 19.1. The van der Waals surface area contributed by atoms with Crippen molar-refractivity contribution in [1.82, 2.24) is 10.6 Å². The van der Waals surface area contributed by atoms with E-state index in [1.807, 2.05) is 6.92 Å². The third-order valence-electron chi connectivity index (χ3n) is 4.41. The first-order chi connectivity index (χ1) is 13.0. The van der Waals surface area contributed by atoms with Crippen LogP contribution in [-0.2, 0) is 16.1 Å². The fourth-order valence-electron chi connectivity index (χ4n) is 2.87. The molecule has 0 saturated carbocycles. The Balaban J connectivity index is 1.55. The van der Waals surface area contributed by atoms with Crippen molar-refractivity contribution in [2.24, 2.45) is 0 Å². The number of amides is 2. The Kier molecular flexibility index (Phi) is 6.16. The smallest absolute Gasteiger partial charge is 0.251 e. The van der Waals surface area contributed by atoms with E-state index in [1.165, 1.54) is 6.07 Å². The van der Waals surface area contributed by atoms with Crippen LogP contribution < -0.4 is 16.0 Å². The van der Waals surface area contributed by atoms with Crippen LogP contribution in [0.4, 0.5) is 10.1 Å². The molecule has 0 spiro atoms. The molecule has 1 aliphatic heterocycles. The number of rotatable bonds is 5. The van der Waals surface area contributed by atoms with E-state index < -0.39 is 6.04 Å². The predicted octanol–water partition coefficient (Wildman–Crippen LogP) is 2.07. The van der Waals surface area contributed by atoms with Crippen LogP contribution in [0.3, 0.4) is 0 Å². The number of carbonyl (C=O) groups is 2. The molecule has 0 unspecified atom stereocenters. The van der Waals surface area contributed by atoms with Crippen LogP contribution in [0.15, 0.2) is 48.5 Å². The number of ether oxygens (including phenoxy) is 1. The van der Waals surface area contributed by atoms with Gasteiger partial charge in [-0.25, -0.2) is 4.39 Å². The minimum atomic E-state index is -0.414. The molecule has 0 aromatic heterocycles. The highest BCUT2D eigenvalue weighted by Gasteiger charge is 2.28. The van der Waals surface area contributed by atoms with E-state index in [0.717, 1.165) is 0 Å². The van der Waals surface area contributed by atoms with E-state index in [9.17, 15) is 14.0 Å². The zero-order valence-corrected chi connectivity index (χ0v) is 15.0. The molecule has 0 radical (unpaired) electrons. The summed E-state index contributed by atoms with van der Waals surface area (Å²) in [4.78, 5) is 24.5. The van der Waals surface area contributed by atoms with Gasteiger partial charge in [0, 0.05) is 29.9 Å². The summed E-state index contributed by atoms with van der Waals surface area (Å²) in [7, 11) is 0. The van der Waals surface area contributed by atoms with E-state index >= 15 is 0 Å². The molecular weight excluding hydrogens is 349 g/mol. The Morgan fingerprint density at radius 1 is 1.19 bits per heavy atom. The highest BCUT2D eigenvalue weighted by atomic mass is 19.1. The molecule has 1 heterocycles. The summed E-state index contributed by atoms with van der Waals surface area (Å²) in [5.74, 6) is -0.851. The van der Waals surface area contributed by atoms with Crippen molar-refractivity contribution in [3.63, 3.8) is 0 Å². The van der Waals surface area contributed by atoms with Gasteiger partial charge in [-0.15, -0.1) is 0 Å². The SMILES string of the molecule is C[C@H]1OCCN[C@@H]1C(=O)Nc1ccc(C(=O)NCc2ccccc2F)cc1. The molecule has 2 amide bonds. The fraction of sp³-hybridized carbons (Fsp3) is 0.300. The van der Waals surface area contributed by atoms with Crippen molar-refractivity contribution in [1.29, 1.82) is 0 Å². The van der Waals surface area contributed by atoms with Gasteiger partial charge in [-0.05, 0) is 37.3 Å². The second-order valence-corrected chi connectivity index (χ2v) is 6.35. The Morgan fingerprint density at radius 3 is 2.63 bits per heavy atom. The number of carbonyl (C=O) groups excluding carboxylic acids is 2. The van der Waals surface area contributed by atoms with Crippen LogP contribution in [0.25, 0.3) is 0 Å². The van der Waals surface area contributed by atoms with Crippen LogP contribution in [-0.4, -0.2) is 37.1 Å². The quantitative estimate of drug-likeness (QED) is 0.752. The van der Waals surface area contributed by atoms with Gasteiger partial charge < -0.3 is 20.7 Å². The Hall–Kier alpha value is -2.77. The summed E-state index contributed by atoms with van der Waals surface area (Å²) in [5.41, 5.74) is 1.44. The van der Waals surface area contributed by atoms with E-state index in [1.54, 1.807) is 42.5 Å². The van der Waals surface area contributed by atoms with Gasteiger partial charge in [0.25, 0.3) is 5.91 Å². The van der Waals surface area contributed by atoms with Crippen LogP contribution in [0.5, 0.6) is 0 Å². The van der Waals surface area contributed by atoms with Crippen molar-refractivity contribution < 1.29 is 18.7 Å². The first-order valence-corrected chi connectivity index (χ1v) is 8.82. The summed E-state index contributed by atoms with van der Waals surface area (Å²) in [6.07, 6.45) is -0.206. The zero-order valence-electron chi connectivity index (χ0n) is 15.0. The first-order valence-electron chi connectivity index (χ1n) is 8.82. The number of anilines is 1. The third kappa shape index (κ3) is 4.90. The number of hydrogen-bond acceptors (Lipinski definition) is 4. The van der Waals surface area contributed by atoms with Gasteiger partial charge in [0.15, 0.2) is 0 Å². The largest absolute Gasteiger partial charge is 0.375 e. The molecule has 3 rings (SSSR count). The lowest BCUT2D eigenvalue weighted by atomic mass is 10.1. The fourth-order valence-corrected chi connectivity index (χ4v) is 2.87. The van der Waals surface area contributed by atoms with Gasteiger partial charge in [0.1, 0.15) is 11.9 Å². The normalized spacial score (nSPS) is 19.3. The van der Waals surface area contributed by atoms with Gasteiger partial charge in [0.05, 0.1) is 12.7 Å². The third-order valence-corrected chi connectivity index (χ3v) is 4.41. The van der Waals surface area contributed by atoms with Gasteiger partial charge >= 0.3 is 0 Å².